The monoisotopic (exact) mass is 342 g/mol. The third-order valence-electron chi connectivity index (χ3n) is 3.43. The number of Topliss-reactive ketones (excluding diaryl/α,β-unsaturated/α-hetero) is 1. The maximum atomic E-state index is 12.0. The van der Waals surface area contributed by atoms with Gasteiger partial charge in [-0.3, -0.25) is 8.98 Å². The van der Waals surface area contributed by atoms with Crippen LogP contribution in [-0.2, 0) is 19.0 Å². The number of hydrogen-bond acceptors (Lipinski definition) is 6. The summed E-state index contributed by atoms with van der Waals surface area (Å²) in [6.07, 6.45) is 4.41. The molecule has 1 fully saturated rings. The van der Waals surface area contributed by atoms with E-state index in [0.717, 1.165) is 32.1 Å². The molecular formula is C16H22O6S. The number of benzene rings is 1. The molecule has 2 rings (SSSR count). The minimum absolute atomic E-state index is 0.0186. The van der Waals surface area contributed by atoms with Crippen molar-refractivity contribution in [2.45, 2.75) is 38.4 Å². The second-order valence-electron chi connectivity index (χ2n) is 5.49. The minimum atomic E-state index is -3.45. The largest absolute Gasteiger partial charge is 0.465 e. The molecule has 0 saturated carbocycles. The van der Waals surface area contributed by atoms with Gasteiger partial charge in [0.2, 0.25) is 0 Å². The SMILES string of the molecule is CS(=O)(=O)OCCCC(=O)c1ccc(OC2CCCCO2)cc1. The molecular weight excluding hydrogens is 320 g/mol. The van der Waals surface area contributed by atoms with Crippen LogP contribution >= 0.6 is 0 Å². The van der Waals surface area contributed by atoms with Crippen molar-refractivity contribution < 1.29 is 26.9 Å². The van der Waals surface area contributed by atoms with Crippen LogP contribution in [-0.4, -0.2) is 40.0 Å². The first-order valence-electron chi connectivity index (χ1n) is 7.70. The number of ether oxygens (including phenoxy) is 2. The first kappa shape index (κ1) is 17.9. The van der Waals surface area contributed by atoms with E-state index in [-0.39, 0.29) is 25.1 Å². The van der Waals surface area contributed by atoms with Gasteiger partial charge in [-0.1, -0.05) is 0 Å². The minimum Gasteiger partial charge on any atom is -0.465 e. The number of hydrogen-bond donors (Lipinski definition) is 0. The van der Waals surface area contributed by atoms with Crippen LogP contribution in [0.2, 0.25) is 0 Å². The van der Waals surface area contributed by atoms with Gasteiger partial charge in [0.25, 0.3) is 10.1 Å². The summed E-state index contributed by atoms with van der Waals surface area (Å²) < 4.78 is 37.4. The van der Waals surface area contributed by atoms with Crippen molar-refractivity contribution in [1.82, 2.24) is 0 Å². The molecule has 1 aliphatic rings. The predicted molar refractivity (Wildman–Crippen MR) is 85.0 cm³/mol. The predicted octanol–water partition coefficient (Wildman–Crippen LogP) is 2.53. The topological polar surface area (TPSA) is 78.9 Å². The van der Waals surface area contributed by atoms with E-state index in [1.54, 1.807) is 24.3 Å². The van der Waals surface area contributed by atoms with Crippen LogP contribution < -0.4 is 4.74 Å². The maximum Gasteiger partial charge on any atom is 0.264 e. The zero-order chi connectivity index (χ0) is 16.7. The Labute approximate surface area is 136 Å². The van der Waals surface area contributed by atoms with Crippen LogP contribution in [0.4, 0.5) is 0 Å². The molecule has 0 bridgehead atoms. The average Bonchev–Trinajstić information content (AvgIpc) is 2.52. The summed E-state index contributed by atoms with van der Waals surface area (Å²) in [4.78, 5) is 12.0. The second-order valence-corrected chi connectivity index (χ2v) is 7.14. The Bertz CT molecular complexity index is 602. The Hall–Kier alpha value is -1.44. The molecule has 1 atom stereocenters. The highest BCUT2D eigenvalue weighted by Crippen LogP contribution is 2.20. The van der Waals surface area contributed by atoms with E-state index >= 15 is 0 Å². The first-order chi connectivity index (χ1) is 10.9. The van der Waals surface area contributed by atoms with Gasteiger partial charge < -0.3 is 9.47 Å². The van der Waals surface area contributed by atoms with E-state index in [2.05, 4.69) is 4.18 Å². The number of carbonyl (C=O) groups excluding carboxylic acids is 1. The van der Waals surface area contributed by atoms with Gasteiger partial charge >= 0.3 is 0 Å². The lowest BCUT2D eigenvalue weighted by molar-refractivity contribution is -0.105. The fraction of sp³-hybridized carbons (Fsp3) is 0.562. The van der Waals surface area contributed by atoms with Gasteiger partial charge in [-0.2, -0.15) is 8.42 Å². The molecule has 0 aliphatic carbocycles. The van der Waals surface area contributed by atoms with Gasteiger partial charge in [0, 0.05) is 18.4 Å². The molecule has 0 radical (unpaired) electrons. The molecule has 1 aromatic rings. The van der Waals surface area contributed by atoms with Crippen molar-refractivity contribution in [2.75, 3.05) is 19.5 Å². The Kier molecular flexibility index (Phi) is 6.56. The summed E-state index contributed by atoms with van der Waals surface area (Å²) in [5.41, 5.74) is 0.571. The quantitative estimate of drug-likeness (QED) is 0.410. The zero-order valence-electron chi connectivity index (χ0n) is 13.2. The molecule has 0 aromatic heterocycles. The molecule has 23 heavy (non-hydrogen) atoms. The standard InChI is InChI=1S/C16H22O6S/c1-23(18,19)21-12-4-5-15(17)13-7-9-14(10-8-13)22-16-6-2-3-11-20-16/h7-10,16H,2-6,11-12H2,1H3. The Morgan fingerprint density at radius 1 is 1.26 bits per heavy atom. The smallest absolute Gasteiger partial charge is 0.264 e. The molecule has 0 spiro atoms. The van der Waals surface area contributed by atoms with E-state index in [1.807, 2.05) is 0 Å². The molecule has 1 saturated heterocycles. The summed E-state index contributed by atoms with van der Waals surface area (Å²) in [6.45, 7) is 0.738. The third kappa shape index (κ3) is 6.68. The molecule has 1 aliphatic heterocycles. The number of carbonyl (C=O) groups is 1. The van der Waals surface area contributed by atoms with Gasteiger partial charge in [-0.25, -0.2) is 0 Å². The van der Waals surface area contributed by atoms with Crippen molar-refractivity contribution >= 4 is 15.9 Å². The van der Waals surface area contributed by atoms with Crippen LogP contribution in [0.15, 0.2) is 24.3 Å². The summed E-state index contributed by atoms with van der Waals surface area (Å²) in [6, 6.07) is 6.91. The summed E-state index contributed by atoms with van der Waals surface area (Å²) >= 11 is 0. The van der Waals surface area contributed by atoms with Crippen molar-refractivity contribution in [3.8, 4) is 5.75 Å². The lowest BCUT2D eigenvalue weighted by Crippen LogP contribution is -2.24. The van der Waals surface area contributed by atoms with Crippen LogP contribution in [0.1, 0.15) is 42.5 Å². The molecule has 0 amide bonds. The molecule has 128 valence electrons. The van der Waals surface area contributed by atoms with Crippen molar-refractivity contribution in [3.63, 3.8) is 0 Å². The van der Waals surface area contributed by atoms with Crippen LogP contribution in [0, 0.1) is 0 Å². The van der Waals surface area contributed by atoms with E-state index < -0.39 is 10.1 Å². The average molecular weight is 342 g/mol. The van der Waals surface area contributed by atoms with E-state index in [1.165, 1.54) is 0 Å². The normalized spacial score (nSPS) is 18.6. The summed E-state index contributed by atoms with van der Waals surface area (Å²) in [5, 5.41) is 0. The second kappa shape index (κ2) is 8.42. The third-order valence-corrected chi connectivity index (χ3v) is 4.02. The van der Waals surface area contributed by atoms with Crippen LogP contribution in [0.25, 0.3) is 0 Å². The number of rotatable bonds is 8. The molecule has 7 heteroatoms. The van der Waals surface area contributed by atoms with Crippen molar-refractivity contribution in [1.29, 1.82) is 0 Å². The molecule has 1 aromatic carbocycles. The number of ketones is 1. The Morgan fingerprint density at radius 3 is 2.61 bits per heavy atom. The lowest BCUT2D eigenvalue weighted by Gasteiger charge is -2.23. The van der Waals surface area contributed by atoms with Gasteiger partial charge in [0.05, 0.1) is 19.5 Å². The fourth-order valence-corrected chi connectivity index (χ4v) is 2.68. The molecule has 0 N–H and O–H groups in total. The lowest BCUT2D eigenvalue weighted by atomic mass is 10.1. The van der Waals surface area contributed by atoms with Gasteiger partial charge in [-0.05, 0) is 43.5 Å². The molecule has 6 nitrogen and oxygen atoms in total. The van der Waals surface area contributed by atoms with Gasteiger partial charge in [-0.15, -0.1) is 0 Å². The van der Waals surface area contributed by atoms with Gasteiger partial charge in [0.1, 0.15) is 5.75 Å². The summed E-state index contributed by atoms with van der Waals surface area (Å²) in [7, 11) is -3.45. The highest BCUT2D eigenvalue weighted by Gasteiger charge is 2.15. The van der Waals surface area contributed by atoms with E-state index in [4.69, 9.17) is 9.47 Å². The fourth-order valence-electron chi connectivity index (χ4n) is 2.26. The van der Waals surface area contributed by atoms with Crippen LogP contribution in [0.5, 0.6) is 5.75 Å². The Balaban J connectivity index is 1.77. The highest BCUT2D eigenvalue weighted by atomic mass is 32.2. The van der Waals surface area contributed by atoms with Gasteiger partial charge in [0.15, 0.2) is 12.1 Å². The molecule has 1 unspecified atom stereocenters. The Morgan fingerprint density at radius 2 is 2.00 bits per heavy atom. The maximum absolute atomic E-state index is 12.0. The highest BCUT2D eigenvalue weighted by molar-refractivity contribution is 7.85. The summed E-state index contributed by atoms with van der Waals surface area (Å²) in [5.74, 6) is 0.622. The van der Waals surface area contributed by atoms with E-state index in [9.17, 15) is 13.2 Å². The van der Waals surface area contributed by atoms with Crippen molar-refractivity contribution in [3.05, 3.63) is 29.8 Å². The van der Waals surface area contributed by atoms with E-state index in [0.29, 0.717) is 17.7 Å². The first-order valence-corrected chi connectivity index (χ1v) is 9.51. The molecule has 1 heterocycles. The zero-order valence-corrected chi connectivity index (χ0v) is 14.0. The van der Waals surface area contributed by atoms with Crippen LogP contribution in [0.3, 0.4) is 0 Å². The van der Waals surface area contributed by atoms with Crippen molar-refractivity contribution in [2.24, 2.45) is 0 Å².